The summed E-state index contributed by atoms with van der Waals surface area (Å²) in [5.74, 6) is 0. The van der Waals surface area contributed by atoms with Gasteiger partial charge >= 0.3 is 0 Å². The first kappa shape index (κ1) is 12.4. The van der Waals surface area contributed by atoms with Crippen LogP contribution in [0, 0.1) is 0 Å². The Morgan fingerprint density at radius 1 is 1.16 bits per heavy atom. The SMILES string of the molecule is NC1CCCc2c1ccn2S(=O)(=O)c1ccccc1. The van der Waals surface area contributed by atoms with Crippen LogP contribution in [-0.4, -0.2) is 12.4 Å². The summed E-state index contributed by atoms with van der Waals surface area (Å²) >= 11 is 0. The fourth-order valence-corrected chi connectivity index (χ4v) is 4.07. The van der Waals surface area contributed by atoms with Gasteiger partial charge in [-0.2, -0.15) is 0 Å². The number of fused-ring (bicyclic) bond motifs is 1. The van der Waals surface area contributed by atoms with Crippen molar-refractivity contribution >= 4 is 10.0 Å². The van der Waals surface area contributed by atoms with Gasteiger partial charge in [-0.05, 0) is 43.0 Å². The van der Waals surface area contributed by atoms with Crippen LogP contribution < -0.4 is 5.73 Å². The van der Waals surface area contributed by atoms with Crippen LogP contribution in [0.1, 0.15) is 30.1 Å². The average Bonchev–Trinajstić information content (AvgIpc) is 2.86. The lowest BCUT2D eigenvalue weighted by atomic mass is 9.94. The van der Waals surface area contributed by atoms with Crippen molar-refractivity contribution in [3.05, 3.63) is 53.9 Å². The average molecular weight is 276 g/mol. The van der Waals surface area contributed by atoms with E-state index in [1.165, 1.54) is 3.97 Å². The summed E-state index contributed by atoms with van der Waals surface area (Å²) in [6, 6.07) is 10.3. The third-order valence-electron chi connectivity index (χ3n) is 3.62. The molecule has 1 aromatic heterocycles. The molecule has 2 N–H and O–H groups in total. The van der Waals surface area contributed by atoms with Crippen LogP contribution in [0.5, 0.6) is 0 Å². The van der Waals surface area contributed by atoms with Crippen LogP contribution in [0.3, 0.4) is 0 Å². The summed E-state index contributed by atoms with van der Waals surface area (Å²) in [6.07, 6.45) is 4.24. The second-order valence-corrected chi connectivity index (χ2v) is 6.65. The van der Waals surface area contributed by atoms with E-state index in [0.717, 1.165) is 30.5 Å². The third kappa shape index (κ3) is 1.99. The third-order valence-corrected chi connectivity index (χ3v) is 5.34. The van der Waals surface area contributed by atoms with Crippen LogP contribution in [0.15, 0.2) is 47.5 Å². The quantitative estimate of drug-likeness (QED) is 0.913. The normalized spacial score (nSPS) is 19.1. The van der Waals surface area contributed by atoms with E-state index >= 15 is 0 Å². The number of hydrogen-bond acceptors (Lipinski definition) is 3. The molecule has 0 fully saturated rings. The monoisotopic (exact) mass is 276 g/mol. The fraction of sp³-hybridized carbons (Fsp3) is 0.286. The zero-order valence-corrected chi connectivity index (χ0v) is 11.3. The van der Waals surface area contributed by atoms with Crippen LogP contribution in [0.4, 0.5) is 0 Å². The lowest BCUT2D eigenvalue weighted by Crippen LogP contribution is -2.21. The predicted octanol–water partition coefficient (Wildman–Crippen LogP) is 2.06. The molecule has 0 saturated heterocycles. The minimum Gasteiger partial charge on any atom is -0.324 e. The number of hydrogen-bond donors (Lipinski definition) is 1. The van der Waals surface area contributed by atoms with Crippen molar-refractivity contribution < 1.29 is 8.42 Å². The summed E-state index contributed by atoms with van der Waals surface area (Å²) in [6.45, 7) is 0. The Morgan fingerprint density at radius 2 is 1.89 bits per heavy atom. The first-order chi connectivity index (χ1) is 9.10. The van der Waals surface area contributed by atoms with Crippen molar-refractivity contribution in [2.45, 2.75) is 30.2 Å². The van der Waals surface area contributed by atoms with Crippen molar-refractivity contribution in [2.75, 3.05) is 0 Å². The van der Waals surface area contributed by atoms with E-state index in [2.05, 4.69) is 0 Å². The Hall–Kier alpha value is -1.59. The zero-order chi connectivity index (χ0) is 13.5. The fourth-order valence-electron chi connectivity index (χ4n) is 2.63. The molecule has 0 amide bonds. The van der Waals surface area contributed by atoms with Crippen LogP contribution in [0.25, 0.3) is 0 Å². The summed E-state index contributed by atoms with van der Waals surface area (Å²) < 4.78 is 26.6. The van der Waals surface area contributed by atoms with Gasteiger partial charge in [0.1, 0.15) is 0 Å². The maximum atomic E-state index is 12.6. The first-order valence-corrected chi connectivity index (χ1v) is 7.81. The number of nitrogens with zero attached hydrogens (tertiary/aromatic N) is 1. The Morgan fingerprint density at radius 3 is 2.63 bits per heavy atom. The summed E-state index contributed by atoms with van der Waals surface area (Å²) in [5.41, 5.74) is 7.83. The van der Waals surface area contributed by atoms with Crippen molar-refractivity contribution in [1.29, 1.82) is 0 Å². The molecular weight excluding hydrogens is 260 g/mol. The Labute approximate surface area is 112 Å². The van der Waals surface area contributed by atoms with Crippen molar-refractivity contribution in [1.82, 2.24) is 3.97 Å². The topological polar surface area (TPSA) is 65.1 Å². The highest BCUT2D eigenvalue weighted by atomic mass is 32.2. The molecule has 1 aliphatic carbocycles. The number of aromatic nitrogens is 1. The lowest BCUT2D eigenvalue weighted by molar-refractivity contribution is 0.553. The minimum atomic E-state index is -3.50. The van der Waals surface area contributed by atoms with E-state index < -0.39 is 10.0 Å². The van der Waals surface area contributed by atoms with Crippen molar-refractivity contribution in [3.8, 4) is 0 Å². The van der Waals surface area contributed by atoms with Gasteiger partial charge in [0.05, 0.1) is 4.90 Å². The molecule has 1 atom stereocenters. The first-order valence-electron chi connectivity index (χ1n) is 6.37. The number of rotatable bonds is 2. The molecule has 0 radical (unpaired) electrons. The Kier molecular flexibility index (Phi) is 2.95. The van der Waals surface area contributed by atoms with E-state index in [1.54, 1.807) is 36.5 Å². The van der Waals surface area contributed by atoms with E-state index in [-0.39, 0.29) is 6.04 Å². The van der Waals surface area contributed by atoms with Gasteiger partial charge in [0.25, 0.3) is 10.0 Å². The van der Waals surface area contributed by atoms with Gasteiger partial charge in [-0.1, -0.05) is 18.2 Å². The number of nitrogens with two attached hydrogens (primary N) is 1. The van der Waals surface area contributed by atoms with Gasteiger partial charge in [0, 0.05) is 17.9 Å². The van der Waals surface area contributed by atoms with E-state index in [1.807, 2.05) is 6.07 Å². The highest BCUT2D eigenvalue weighted by Gasteiger charge is 2.26. The molecule has 1 heterocycles. The van der Waals surface area contributed by atoms with Crippen molar-refractivity contribution in [3.63, 3.8) is 0 Å². The molecule has 3 rings (SSSR count). The van der Waals surface area contributed by atoms with Crippen LogP contribution in [-0.2, 0) is 16.4 Å². The molecule has 19 heavy (non-hydrogen) atoms. The van der Waals surface area contributed by atoms with Gasteiger partial charge in [0.15, 0.2) is 0 Å². The second kappa shape index (κ2) is 4.51. The highest BCUT2D eigenvalue weighted by Crippen LogP contribution is 2.30. The maximum absolute atomic E-state index is 12.6. The standard InChI is InChI=1S/C14H16N2O2S/c15-13-7-4-8-14-12(13)9-10-16(14)19(17,18)11-5-2-1-3-6-11/h1-3,5-6,9-10,13H,4,7-8,15H2. The van der Waals surface area contributed by atoms with Gasteiger partial charge in [-0.15, -0.1) is 0 Å². The molecule has 0 saturated carbocycles. The van der Waals surface area contributed by atoms with Crippen molar-refractivity contribution in [2.24, 2.45) is 5.73 Å². The molecule has 0 spiro atoms. The molecule has 1 unspecified atom stereocenters. The smallest absolute Gasteiger partial charge is 0.267 e. The molecule has 2 aromatic rings. The zero-order valence-electron chi connectivity index (χ0n) is 10.5. The van der Waals surface area contributed by atoms with Gasteiger partial charge in [-0.25, -0.2) is 12.4 Å². The van der Waals surface area contributed by atoms with Gasteiger partial charge in [0.2, 0.25) is 0 Å². The predicted molar refractivity (Wildman–Crippen MR) is 73.3 cm³/mol. The lowest BCUT2D eigenvalue weighted by Gasteiger charge is -2.20. The summed E-state index contributed by atoms with van der Waals surface area (Å²) in [7, 11) is -3.50. The largest absolute Gasteiger partial charge is 0.324 e. The molecule has 1 aromatic carbocycles. The van der Waals surface area contributed by atoms with E-state index in [0.29, 0.717) is 4.90 Å². The molecule has 0 bridgehead atoms. The molecular formula is C14H16N2O2S. The maximum Gasteiger partial charge on any atom is 0.267 e. The summed E-state index contributed by atoms with van der Waals surface area (Å²) in [5, 5.41) is 0. The Balaban J connectivity index is 2.13. The van der Waals surface area contributed by atoms with Gasteiger partial charge < -0.3 is 5.73 Å². The molecule has 4 nitrogen and oxygen atoms in total. The van der Waals surface area contributed by atoms with Crippen LogP contribution >= 0.6 is 0 Å². The minimum absolute atomic E-state index is 0.0454. The molecule has 0 aliphatic heterocycles. The highest BCUT2D eigenvalue weighted by molar-refractivity contribution is 7.90. The van der Waals surface area contributed by atoms with E-state index in [4.69, 9.17) is 5.73 Å². The molecule has 1 aliphatic rings. The Bertz CT molecular complexity index is 689. The van der Waals surface area contributed by atoms with E-state index in [9.17, 15) is 8.42 Å². The van der Waals surface area contributed by atoms with Gasteiger partial charge in [-0.3, -0.25) is 0 Å². The summed E-state index contributed by atoms with van der Waals surface area (Å²) in [4.78, 5) is 0.313. The number of benzene rings is 1. The molecule has 100 valence electrons. The second-order valence-electron chi connectivity index (χ2n) is 4.83. The van der Waals surface area contributed by atoms with Crippen LogP contribution in [0.2, 0.25) is 0 Å². The molecule has 5 heteroatoms.